The fraction of sp³-hybridized carbons (Fsp3) is 0.800. The van der Waals surface area contributed by atoms with Gasteiger partial charge in [0.15, 0.2) is 6.79 Å². The predicted octanol–water partition coefficient (Wildman–Crippen LogP) is 0.904. The third kappa shape index (κ3) is 9.07. The van der Waals surface area contributed by atoms with Crippen LogP contribution in [0.4, 0.5) is 0 Å². The summed E-state index contributed by atoms with van der Waals surface area (Å²) in [6.45, 7) is 4.01. The first kappa shape index (κ1) is 15.5. The van der Waals surface area contributed by atoms with Crippen LogP contribution in [0, 0.1) is 41.3 Å². The molecule has 0 fully saturated rings. The van der Waals surface area contributed by atoms with Gasteiger partial charge in [0.2, 0.25) is 0 Å². The largest absolute Gasteiger partial charge is 3.00 e. The average Bonchev–Trinajstić information content (AvgIpc) is 1.87. The predicted molar refractivity (Wildman–Crippen MR) is 37.9 cm³/mol. The average molecular weight is 322 g/mol. The van der Waals surface area contributed by atoms with E-state index in [0.29, 0.717) is 6.61 Å². The molecule has 0 heterocycles. The van der Waals surface area contributed by atoms with Crippen molar-refractivity contribution >= 4 is 14.1 Å². The van der Waals surface area contributed by atoms with Crippen LogP contribution in [0.1, 0.15) is 6.92 Å². The molecule has 0 N–H and O–H groups in total. The summed E-state index contributed by atoms with van der Waals surface area (Å²) in [5, 5.41) is 0. The molecule has 0 bridgehead atoms. The third-order valence-corrected chi connectivity index (χ3v) is 2.07. The van der Waals surface area contributed by atoms with Crippen molar-refractivity contribution in [3.05, 3.63) is 0 Å². The molecule has 0 amide bonds. The van der Waals surface area contributed by atoms with Gasteiger partial charge in [-0.1, -0.05) is 6.47 Å². The Hall–Kier alpha value is 0.984. The van der Waals surface area contributed by atoms with Crippen molar-refractivity contribution < 1.29 is 64.4 Å². The molecule has 0 aromatic rings. The molecular formula is C5H10O5PPr+2. The fourth-order valence-electron chi connectivity index (χ4n) is 0.418. The Morgan fingerprint density at radius 1 is 1.42 bits per heavy atom. The molecule has 12 heavy (non-hydrogen) atoms. The molecule has 0 spiro atoms. The minimum absolute atomic E-state index is 0. The van der Waals surface area contributed by atoms with E-state index in [4.69, 9.17) is 4.52 Å². The number of hydrogen-bond donors (Lipinski definition) is 0. The van der Waals surface area contributed by atoms with Gasteiger partial charge in [0.05, 0.1) is 6.61 Å². The number of carbonyl (C=O) groups excluding carboxylic acids is 1. The second-order valence-electron chi connectivity index (χ2n) is 1.66. The molecule has 0 aliphatic carbocycles. The van der Waals surface area contributed by atoms with Crippen LogP contribution in [0.3, 0.4) is 0 Å². The van der Waals surface area contributed by atoms with Gasteiger partial charge >= 0.3 is 48.9 Å². The molecule has 7 heteroatoms. The summed E-state index contributed by atoms with van der Waals surface area (Å²) in [5.41, 5.74) is 0. The molecule has 5 nitrogen and oxygen atoms in total. The van der Waals surface area contributed by atoms with E-state index in [2.05, 4.69) is 9.26 Å². The second kappa shape index (κ2) is 8.58. The molecule has 0 saturated heterocycles. The first-order valence-electron chi connectivity index (χ1n) is 2.98. The summed E-state index contributed by atoms with van der Waals surface area (Å²) < 4.78 is 24.3. The summed E-state index contributed by atoms with van der Waals surface area (Å²) in [4.78, 5) is 9.49. The minimum atomic E-state index is -3.03. The molecule has 0 aromatic heterocycles. The molecule has 0 aliphatic heterocycles. The van der Waals surface area contributed by atoms with Crippen molar-refractivity contribution in [2.75, 3.05) is 20.1 Å². The third-order valence-electron chi connectivity index (χ3n) is 0.769. The van der Waals surface area contributed by atoms with Crippen molar-refractivity contribution in [3.8, 4) is 0 Å². The van der Waals surface area contributed by atoms with Crippen molar-refractivity contribution in [1.29, 1.82) is 0 Å². The zero-order chi connectivity index (χ0) is 8.74. The maximum atomic E-state index is 11.0. The van der Waals surface area contributed by atoms with E-state index in [9.17, 15) is 9.36 Å². The van der Waals surface area contributed by atoms with E-state index in [-0.39, 0.29) is 41.3 Å². The van der Waals surface area contributed by atoms with E-state index in [1.807, 2.05) is 0 Å². The fourth-order valence-corrected chi connectivity index (χ4v) is 1.21. The van der Waals surface area contributed by atoms with E-state index in [1.165, 1.54) is 6.66 Å². The van der Waals surface area contributed by atoms with Crippen LogP contribution in [0.2, 0.25) is 0 Å². The van der Waals surface area contributed by atoms with Gasteiger partial charge in [-0.2, -0.15) is 0 Å². The summed E-state index contributed by atoms with van der Waals surface area (Å²) in [7, 11) is -3.03. The van der Waals surface area contributed by atoms with Crippen molar-refractivity contribution in [1.82, 2.24) is 0 Å². The molecule has 1 unspecified atom stereocenters. The summed E-state index contributed by atoms with van der Waals surface area (Å²) in [5.74, 6) is 0. The van der Waals surface area contributed by atoms with Gasteiger partial charge in [-0.15, -0.1) is 0 Å². The zero-order valence-electron chi connectivity index (χ0n) is 6.98. The van der Waals surface area contributed by atoms with Gasteiger partial charge in [0.1, 0.15) is 0 Å². The van der Waals surface area contributed by atoms with Crippen LogP contribution >= 0.6 is 7.60 Å². The minimum Gasteiger partial charge on any atom is -0.634 e. The molecule has 0 saturated carbocycles. The van der Waals surface area contributed by atoms with Crippen LogP contribution < -0.4 is 0 Å². The Labute approximate surface area is 105 Å². The Balaban J connectivity index is 0. The Kier molecular flexibility index (Phi) is 11.0. The van der Waals surface area contributed by atoms with Crippen LogP contribution in [-0.2, 0) is 23.1 Å². The van der Waals surface area contributed by atoms with E-state index in [1.54, 1.807) is 6.92 Å². The summed E-state index contributed by atoms with van der Waals surface area (Å²) in [6, 6.07) is 0. The van der Waals surface area contributed by atoms with Gasteiger partial charge < -0.3 is 14.1 Å². The topological polar surface area (TPSA) is 61.8 Å². The van der Waals surface area contributed by atoms with Crippen LogP contribution in [0.5, 0.6) is 0 Å². The van der Waals surface area contributed by atoms with Crippen molar-refractivity contribution in [2.45, 2.75) is 6.92 Å². The van der Waals surface area contributed by atoms with Gasteiger partial charge in [-0.3, -0.25) is 9.09 Å². The molecule has 0 radical (unpaired) electrons. The maximum Gasteiger partial charge on any atom is 3.00 e. The molecule has 0 aromatic carbocycles. The molecule has 0 rings (SSSR count). The number of rotatable bonds is 6. The van der Waals surface area contributed by atoms with E-state index < -0.39 is 14.4 Å². The van der Waals surface area contributed by atoms with Gasteiger partial charge in [0.25, 0.3) is 0 Å². The van der Waals surface area contributed by atoms with Gasteiger partial charge in [-0.05, 0) is 6.92 Å². The maximum absolute atomic E-state index is 11.0. The number of hydrogen-bond acceptors (Lipinski definition) is 5. The Morgan fingerprint density at radius 2 is 2.00 bits per heavy atom. The Bertz CT molecular complexity index is 162. The molecule has 0 aliphatic rings. The molecule has 66 valence electrons. The van der Waals surface area contributed by atoms with Crippen molar-refractivity contribution in [2.24, 2.45) is 0 Å². The normalized spacial score (nSPS) is 14.2. The zero-order valence-corrected chi connectivity index (χ0v) is 11.6. The monoisotopic (exact) mass is 322 g/mol. The van der Waals surface area contributed by atoms with E-state index in [0.717, 1.165) is 6.47 Å². The molecule has 1 atom stereocenters. The van der Waals surface area contributed by atoms with E-state index >= 15 is 0 Å². The Morgan fingerprint density at radius 3 is 2.42 bits per heavy atom. The van der Waals surface area contributed by atoms with Gasteiger partial charge in [0, 0.05) is 6.66 Å². The SMILES string of the molecule is CCOP(C)(=O)OCO[C-]=O.[Pr+3]. The molecular weight excluding hydrogens is 312 g/mol. The second-order valence-corrected chi connectivity index (χ2v) is 3.72. The summed E-state index contributed by atoms with van der Waals surface area (Å²) in [6.07, 6.45) is 0. The van der Waals surface area contributed by atoms with Crippen LogP contribution in [0.15, 0.2) is 0 Å². The first-order valence-corrected chi connectivity index (χ1v) is 4.97. The van der Waals surface area contributed by atoms with Crippen LogP contribution in [-0.4, -0.2) is 26.5 Å². The first-order chi connectivity index (χ1) is 5.12. The van der Waals surface area contributed by atoms with Crippen LogP contribution in [0.25, 0.3) is 0 Å². The summed E-state index contributed by atoms with van der Waals surface area (Å²) >= 11 is 0. The van der Waals surface area contributed by atoms with Gasteiger partial charge in [-0.25, -0.2) is 0 Å². The number of ether oxygens (including phenoxy) is 1. The smallest absolute Gasteiger partial charge is 0.634 e. The standard InChI is InChI=1S/C5H10O5P.Pr/c1-3-9-11(2,7)10-5-8-4-6;/h3,5H2,1-2H3;/q-1;+3. The quantitative estimate of drug-likeness (QED) is 0.315. The van der Waals surface area contributed by atoms with Crippen molar-refractivity contribution in [3.63, 3.8) is 0 Å².